The van der Waals surface area contributed by atoms with Crippen LogP contribution in [0.4, 0.5) is 18.9 Å². The van der Waals surface area contributed by atoms with Gasteiger partial charge in [-0.3, -0.25) is 4.40 Å². The lowest BCUT2D eigenvalue weighted by Gasteiger charge is -2.26. The zero-order chi connectivity index (χ0) is 26.8. The Morgan fingerprint density at radius 3 is 2.42 bits per heavy atom. The van der Waals surface area contributed by atoms with Crippen LogP contribution in [0, 0.1) is 6.92 Å². The number of alkyl halides is 3. The molecule has 0 aliphatic heterocycles. The number of carbonyl (C=O) groups is 1. The second kappa shape index (κ2) is 10.6. The minimum absolute atomic E-state index is 0.164. The Labute approximate surface area is 209 Å². The fraction of sp³-hybridized carbons (Fsp3) is 0.364. The van der Waals surface area contributed by atoms with Gasteiger partial charge in [-0.2, -0.15) is 13.2 Å². The van der Waals surface area contributed by atoms with E-state index in [4.69, 9.17) is 27.2 Å². The van der Waals surface area contributed by atoms with Crippen molar-refractivity contribution in [3.05, 3.63) is 47.2 Å². The molecule has 36 heavy (non-hydrogen) atoms. The van der Waals surface area contributed by atoms with E-state index in [1.807, 2.05) is 6.92 Å². The lowest BCUT2D eigenvalue weighted by Crippen LogP contribution is -2.38. The molecule has 0 atom stereocenters. The number of halogens is 4. The molecule has 1 aliphatic rings. The largest absolute Gasteiger partial charge is 0.490 e. The predicted molar refractivity (Wildman–Crippen MR) is 127 cm³/mol. The summed E-state index contributed by atoms with van der Waals surface area (Å²) < 4.78 is 62.2. The number of aliphatic hydroxyl groups excluding tert-OH is 1. The van der Waals surface area contributed by atoms with Crippen molar-refractivity contribution in [1.29, 1.82) is 0 Å². The molecule has 5 N–H and O–H groups in total. The van der Waals surface area contributed by atoms with E-state index in [1.165, 1.54) is 0 Å². The second-order valence-corrected chi connectivity index (χ2v) is 10.5. The molecule has 0 amide bonds. The van der Waals surface area contributed by atoms with Gasteiger partial charge in [-0.1, -0.05) is 17.7 Å². The fourth-order valence-electron chi connectivity index (χ4n) is 3.80. The van der Waals surface area contributed by atoms with Crippen LogP contribution in [0.5, 0.6) is 0 Å². The SMILES string of the molecule is Cc1ccc(S(=O)(=O)NC2CCC(O)CC2)cc1-c1cnc2c(N)cc(Cl)cn12.O=C(O)C(F)(F)F. The van der Waals surface area contributed by atoms with E-state index in [9.17, 15) is 26.7 Å². The molecule has 9 nitrogen and oxygen atoms in total. The van der Waals surface area contributed by atoms with Gasteiger partial charge in [0.2, 0.25) is 10.0 Å². The highest BCUT2D eigenvalue weighted by Crippen LogP contribution is 2.30. The molecule has 14 heteroatoms. The van der Waals surface area contributed by atoms with E-state index in [0.717, 1.165) is 11.1 Å². The van der Waals surface area contributed by atoms with Gasteiger partial charge in [-0.15, -0.1) is 0 Å². The standard InChI is InChI=1S/C20H23ClN4O3S.C2HF3O2/c1-12-2-7-16(29(27,28)24-14-3-5-15(26)6-4-14)9-17(12)19-10-23-20-18(22)8-13(21)11-25(19)20;3-2(4,5)1(6)7/h2,7-11,14-15,24,26H,3-6,22H2,1H3;(H,6,7). The molecule has 3 aromatic rings. The van der Waals surface area contributed by atoms with Gasteiger partial charge in [0.1, 0.15) is 0 Å². The number of aromatic nitrogens is 2. The first kappa shape index (κ1) is 27.7. The van der Waals surface area contributed by atoms with Gasteiger partial charge < -0.3 is 15.9 Å². The first-order valence-corrected chi connectivity index (χ1v) is 12.6. The Bertz CT molecular complexity index is 1370. The van der Waals surface area contributed by atoms with E-state index < -0.39 is 22.2 Å². The summed E-state index contributed by atoms with van der Waals surface area (Å²) in [5, 5.41) is 17.2. The lowest BCUT2D eigenvalue weighted by molar-refractivity contribution is -0.192. The van der Waals surface area contributed by atoms with Crippen LogP contribution in [0.3, 0.4) is 0 Å². The van der Waals surface area contributed by atoms with Crippen LogP contribution in [0.1, 0.15) is 31.2 Å². The Kier molecular flexibility index (Phi) is 8.18. The van der Waals surface area contributed by atoms with Crippen LogP contribution < -0.4 is 10.5 Å². The predicted octanol–water partition coefficient (Wildman–Crippen LogP) is 3.76. The number of aliphatic hydroxyl groups is 1. The maximum Gasteiger partial charge on any atom is 0.490 e. The average molecular weight is 549 g/mol. The Morgan fingerprint density at radius 2 is 1.83 bits per heavy atom. The maximum atomic E-state index is 12.9. The van der Waals surface area contributed by atoms with E-state index >= 15 is 0 Å². The summed E-state index contributed by atoms with van der Waals surface area (Å²) in [7, 11) is -3.69. The molecule has 0 bridgehead atoms. The molecule has 4 rings (SSSR count). The summed E-state index contributed by atoms with van der Waals surface area (Å²) in [4.78, 5) is 13.4. The topological polar surface area (TPSA) is 147 Å². The average Bonchev–Trinajstić information content (AvgIpc) is 3.19. The molecule has 2 heterocycles. The van der Waals surface area contributed by atoms with Crippen molar-refractivity contribution < 1.29 is 36.6 Å². The minimum atomic E-state index is -5.08. The Morgan fingerprint density at radius 1 is 1.22 bits per heavy atom. The van der Waals surface area contributed by atoms with Crippen LogP contribution in [-0.4, -0.2) is 52.3 Å². The number of aliphatic carboxylic acids is 1. The van der Waals surface area contributed by atoms with E-state index in [0.29, 0.717) is 47.7 Å². The number of carboxylic acids is 1. The number of anilines is 1. The van der Waals surface area contributed by atoms with Crippen LogP contribution in [0.15, 0.2) is 41.6 Å². The highest BCUT2D eigenvalue weighted by Gasteiger charge is 2.38. The van der Waals surface area contributed by atoms with Gasteiger partial charge in [0.25, 0.3) is 0 Å². The highest BCUT2D eigenvalue weighted by atomic mass is 35.5. The third kappa shape index (κ3) is 6.46. The second-order valence-electron chi connectivity index (χ2n) is 8.36. The maximum absolute atomic E-state index is 12.9. The van der Waals surface area contributed by atoms with Gasteiger partial charge in [0.05, 0.1) is 33.6 Å². The Hall–Kier alpha value is -2.87. The van der Waals surface area contributed by atoms with Crippen molar-refractivity contribution in [1.82, 2.24) is 14.1 Å². The Balaban J connectivity index is 0.000000454. The number of hydrogen-bond acceptors (Lipinski definition) is 6. The first-order valence-electron chi connectivity index (χ1n) is 10.7. The lowest BCUT2D eigenvalue weighted by atomic mass is 9.94. The van der Waals surface area contributed by atoms with Gasteiger partial charge in [0, 0.05) is 17.8 Å². The molecule has 196 valence electrons. The number of pyridine rings is 1. The molecule has 1 saturated carbocycles. The summed E-state index contributed by atoms with van der Waals surface area (Å²) in [5.74, 6) is -2.76. The molecule has 0 spiro atoms. The summed E-state index contributed by atoms with van der Waals surface area (Å²) in [6.07, 6.45) is 0.426. The number of nitrogen functional groups attached to an aromatic ring is 1. The highest BCUT2D eigenvalue weighted by molar-refractivity contribution is 7.89. The third-order valence-electron chi connectivity index (χ3n) is 5.66. The molecule has 2 aromatic heterocycles. The number of nitrogens with zero attached hydrogens (tertiary/aromatic N) is 2. The monoisotopic (exact) mass is 548 g/mol. The van der Waals surface area contributed by atoms with Gasteiger partial charge in [0.15, 0.2) is 5.65 Å². The number of fused-ring (bicyclic) bond motifs is 1. The van der Waals surface area contributed by atoms with Crippen molar-refractivity contribution in [3.8, 4) is 11.3 Å². The normalized spacial score (nSPS) is 18.5. The number of nitrogens with two attached hydrogens (primary N) is 1. The van der Waals surface area contributed by atoms with Crippen molar-refractivity contribution in [2.75, 3.05) is 5.73 Å². The molecular weight excluding hydrogens is 525 g/mol. The number of imidazole rings is 1. The molecule has 1 aromatic carbocycles. The first-order chi connectivity index (χ1) is 16.7. The van der Waals surface area contributed by atoms with Crippen LogP contribution in [0.25, 0.3) is 16.9 Å². The summed E-state index contributed by atoms with van der Waals surface area (Å²) >= 11 is 6.15. The van der Waals surface area contributed by atoms with E-state index in [1.54, 1.807) is 41.1 Å². The van der Waals surface area contributed by atoms with Gasteiger partial charge in [-0.05, 0) is 56.4 Å². The van der Waals surface area contributed by atoms with Gasteiger partial charge in [-0.25, -0.2) is 22.9 Å². The molecule has 0 saturated heterocycles. The zero-order valence-corrected chi connectivity index (χ0v) is 20.5. The zero-order valence-electron chi connectivity index (χ0n) is 19.0. The summed E-state index contributed by atoms with van der Waals surface area (Å²) in [5.41, 5.74) is 9.38. The van der Waals surface area contributed by atoms with Crippen molar-refractivity contribution in [3.63, 3.8) is 0 Å². The molecule has 0 unspecified atom stereocenters. The number of nitrogens with one attached hydrogen (secondary N) is 1. The van der Waals surface area contributed by atoms with E-state index in [2.05, 4.69) is 9.71 Å². The quantitative estimate of drug-likeness (QED) is 0.388. The summed E-state index contributed by atoms with van der Waals surface area (Å²) in [6, 6.07) is 6.50. The minimum Gasteiger partial charge on any atom is -0.475 e. The number of sulfonamides is 1. The van der Waals surface area contributed by atoms with Gasteiger partial charge >= 0.3 is 12.1 Å². The third-order valence-corrected chi connectivity index (χ3v) is 7.38. The smallest absolute Gasteiger partial charge is 0.475 e. The number of aryl methyl sites for hydroxylation is 1. The molecule has 1 aliphatic carbocycles. The van der Waals surface area contributed by atoms with E-state index in [-0.39, 0.29) is 17.0 Å². The molecular formula is C22H24ClF3N4O5S. The van der Waals surface area contributed by atoms with Crippen LogP contribution in [-0.2, 0) is 14.8 Å². The number of carboxylic acid groups (broad SMARTS) is 1. The van der Waals surface area contributed by atoms with Crippen molar-refractivity contribution >= 4 is 38.9 Å². The number of benzene rings is 1. The van der Waals surface area contributed by atoms with Crippen LogP contribution in [0.2, 0.25) is 5.02 Å². The fourth-order valence-corrected chi connectivity index (χ4v) is 5.35. The van der Waals surface area contributed by atoms with Crippen molar-refractivity contribution in [2.45, 2.75) is 55.8 Å². The number of rotatable bonds is 4. The summed E-state index contributed by atoms with van der Waals surface area (Å²) in [6.45, 7) is 1.91. The molecule has 0 radical (unpaired) electrons. The molecule has 1 fully saturated rings. The van der Waals surface area contributed by atoms with Crippen LogP contribution >= 0.6 is 11.6 Å². The number of hydrogen-bond donors (Lipinski definition) is 4. The van der Waals surface area contributed by atoms with Crippen molar-refractivity contribution in [2.24, 2.45) is 0 Å².